The summed E-state index contributed by atoms with van der Waals surface area (Å²) in [5.74, 6) is 1.75. The summed E-state index contributed by atoms with van der Waals surface area (Å²) >= 11 is 0. The summed E-state index contributed by atoms with van der Waals surface area (Å²) in [7, 11) is 1.93. The van der Waals surface area contributed by atoms with Gasteiger partial charge in [0.05, 0.1) is 0 Å². The maximum Gasteiger partial charge on any atom is 0.193 e. The van der Waals surface area contributed by atoms with Crippen molar-refractivity contribution in [3.8, 4) is 0 Å². The molecule has 0 aromatic carbocycles. The zero-order valence-corrected chi connectivity index (χ0v) is 18.1. The van der Waals surface area contributed by atoms with Gasteiger partial charge in [0, 0.05) is 59.4 Å². The maximum atomic E-state index is 4.59. The van der Waals surface area contributed by atoms with Gasteiger partial charge in [0.15, 0.2) is 5.96 Å². The molecular formula is C21H43N5. The molecular weight excluding hydrogens is 322 g/mol. The first-order valence-corrected chi connectivity index (χ1v) is 10.9. The Morgan fingerprint density at radius 3 is 2.42 bits per heavy atom. The van der Waals surface area contributed by atoms with Gasteiger partial charge in [-0.3, -0.25) is 4.99 Å². The van der Waals surface area contributed by atoms with Gasteiger partial charge in [0.1, 0.15) is 0 Å². The van der Waals surface area contributed by atoms with Crippen LogP contribution in [0.4, 0.5) is 0 Å². The molecule has 2 aliphatic rings. The van der Waals surface area contributed by atoms with E-state index in [4.69, 9.17) is 0 Å². The van der Waals surface area contributed by atoms with E-state index in [1.807, 2.05) is 7.05 Å². The lowest BCUT2D eigenvalue weighted by atomic mass is 9.78. The van der Waals surface area contributed by atoms with Crippen molar-refractivity contribution in [3.63, 3.8) is 0 Å². The van der Waals surface area contributed by atoms with E-state index in [1.165, 1.54) is 65.0 Å². The fraction of sp³-hybridized carbons (Fsp3) is 0.952. The van der Waals surface area contributed by atoms with E-state index in [-0.39, 0.29) is 0 Å². The third kappa shape index (κ3) is 6.41. The lowest BCUT2D eigenvalue weighted by Crippen LogP contribution is -2.51. The van der Waals surface area contributed by atoms with Crippen molar-refractivity contribution >= 4 is 5.96 Å². The highest BCUT2D eigenvalue weighted by molar-refractivity contribution is 5.80. The Labute approximate surface area is 162 Å². The molecule has 26 heavy (non-hydrogen) atoms. The quantitative estimate of drug-likeness (QED) is 0.556. The van der Waals surface area contributed by atoms with Gasteiger partial charge in [0.2, 0.25) is 0 Å². The average Bonchev–Trinajstić information content (AvgIpc) is 2.63. The van der Waals surface area contributed by atoms with Crippen molar-refractivity contribution in [2.24, 2.45) is 16.3 Å². The number of nitrogens with one attached hydrogen (secondary N) is 1. The predicted molar refractivity (Wildman–Crippen MR) is 113 cm³/mol. The lowest BCUT2D eigenvalue weighted by molar-refractivity contribution is 0.123. The smallest absolute Gasteiger partial charge is 0.193 e. The van der Waals surface area contributed by atoms with E-state index >= 15 is 0 Å². The molecule has 152 valence electrons. The Bertz CT molecular complexity index is 426. The molecule has 5 heteroatoms. The number of aliphatic imine (C=N–C) groups is 1. The van der Waals surface area contributed by atoms with E-state index in [0.717, 1.165) is 25.6 Å². The molecule has 5 nitrogen and oxygen atoms in total. The van der Waals surface area contributed by atoms with Gasteiger partial charge in [-0.15, -0.1) is 0 Å². The SMILES string of the molecule is CCCC1(C)CCCN(C(=NC)NCC(C)CN2CCN(CC)CC2)C1. The number of likely N-dealkylation sites (N-methyl/N-ethyl adjacent to an activating group) is 1. The minimum Gasteiger partial charge on any atom is -0.356 e. The zero-order chi connectivity index (χ0) is 19.0. The number of guanidine groups is 1. The van der Waals surface area contributed by atoms with Crippen LogP contribution in [-0.4, -0.2) is 86.6 Å². The van der Waals surface area contributed by atoms with Gasteiger partial charge in [-0.1, -0.05) is 34.1 Å². The minimum atomic E-state index is 0.454. The van der Waals surface area contributed by atoms with Crippen LogP contribution in [0.3, 0.4) is 0 Å². The number of piperazine rings is 1. The molecule has 0 spiro atoms. The van der Waals surface area contributed by atoms with Gasteiger partial charge >= 0.3 is 0 Å². The molecule has 2 aliphatic heterocycles. The van der Waals surface area contributed by atoms with Crippen molar-refractivity contribution in [1.82, 2.24) is 20.0 Å². The number of nitrogens with zero attached hydrogens (tertiary/aromatic N) is 4. The van der Waals surface area contributed by atoms with Gasteiger partial charge in [-0.05, 0) is 37.1 Å². The Morgan fingerprint density at radius 2 is 1.81 bits per heavy atom. The van der Waals surface area contributed by atoms with Gasteiger partial charge in [-0.25, -0.2) is 0 Å². The molecule has 1 N–H and O–H groups in total. The third-order valence-corrected chi connectivity index (χ3v) is 6.24. The van der Waals surface area contributed by atoms with Crippen molar-refractivity contribution < 1.29 is 0 Å². The average molecular weight is 366 g/mol. The van der Waals surface area contributed by atoms with Crippen LogP contribution in [0.1, 0.15) is 53.4 Å². The second-order valence-electron chi connectivity index (χ2n) is 8.85. The molecule has 2 saturated heterocycles. The summed E-state index contributed by atoms with van der Waals surface area (Å²) in [4.78, 5) is 12.3. The second-order valence-corrected chi connectivity index (χ2v) is 8.85. The Balaban J connectivity index is 1.76. The minimum absolute atomic E-state index is 0.454. The van der Waals surface area contributed by atoms with Crippen LogP contribution < -0.4 is 5.32 Å². The molecule has 0 saturated carbocycles. The van der Waals surface area contributed by atoms with Crippen LogP contribution in [0, 0.1) is 11.3 Å². The van der Waals surface area contributed by atoms with Crippen LogP contribution >= 0.6 is 0 Å². The molecule has 0 aliphatic carbocycles. The number of piperidine rings is 1. The molecule has 0 aromatic heterocycles. The van der Waals surface area contributed by atoms with Crippen molar-refractivity contribution in [2.75, 3.05) is 66.0 Å². The number of hydrogen-bond donors (Lipinski definition) is 1. The molecule has 2 rings (SSSR count). The standard InChI is InChI=1S/C21H43N5/c1-6-9-21(4)10-8-11-26(18-21)20(22-5)23-16-19(3)17-25-14-12-24(7-2)13-15-25/h19H,6-18H2,1-5H3,(H,22,23). The van der Waals surface area contributed by atoms with Gasteiger partial charge in [-0.2, -0.15) is 0 Å². The molecule has 0 bridgehead atoms. The molecule has 0 amide bonds. The fourth-order valence-electron chi connectivity index (χ4n) is 4.70. The summed E-state index contributed by atoms with van der Waals surface area (Å²) in [5.41, 5.74) is 0.454. The molecule has 2 fully saturated rings. The van der Waals surface area contributed by atoms with E-state index < -0.39 is 0 Å². The lowest BCUT2D eigenvalue weighted by Gasteiger charge is -2.42. The summed E-state index contributed by atoms with van der Waals surface area (Å²) in [6, 6.07) is 0. The van der Waals surface area contributed by atoms with E-state index in [0.29, 0.717) is 11.3 Å². The number of rotatable bonds is 7. The molecule has 2 heterocycles. The van der Waals surface area contributed by atoms with Crippen LogP contribution in [0.15, 0.2) is 4.99 Å². The third-order valence-electron chi connectivity index (χ3n) is 6.24. The van der Waals surface area contributed by atoms with E-state index in [1.54, 1.807) is 0 Å². The number of hydrogen-bond acceptors (Lipinski definition) is 3. The topological polar surface area (TPSA) is 34.1 Å². The molecule has 2 unspecified atom stereocenters. The maximum absolute atomic E-state index is 4.59. The van der Waals surface area contributed by atoms with Crippen LogP contribution in [0.25, 0.3) is 0 Å². The zero-order valence-electron chi connectivity index (χ0n) is 18.1. The largest absolute Gasteiger partial charge is 0.356 e. The summed E-state index contributed by atoms with van der Waals surface area (Å²) < 4.78 is 0. The summed E-state index contributed by atoms with van der Waals surface area (Å²) in [6.45, 7) is 20.0. The predicted octanol–water partition coefficient (Wildman–Crippen LogP) is 2.74. The van der Waals surface area contributed by atoms with Crippen LogP contribution in [0.5, 0.6) is 0 Å². The van der Waals surface area contributed by atoms with Crippen molar-refractivity contribution in [1.29, 1.82) is 0 Å². The highest BCUT2D eigenvalue weighted by Gasteiger charge is 2.31. The molecule has 0 radical (unpaired) electrons. The van der Waals surface area contributed by atoms with Crippen molar-refractivity contribution in [3.05, 3.63) is 0 Å². The van der Waals surface area contributed by atoms with Gasteiger partial charge < -0.3 is 20.0 Å². The summed E-state index contributed by atoms with van der Waals surface area (Å²) in [5, 5.41) is 3.67. The highest BCUT2D eigenvalue weighted by Crippen LogP contribution is 2.33. The van der Waals surface area contributed by atoms with Crippen LogP contribution in [-0.2, 0) is 0 Å². The van der Waals surface area contributed by atoms with E-state index in [2.05, 4.69) is 52.7 Å². The first-order valence-electron chi connectivity index (χ1n) is 10.9. The Hall–Kier alpha value is -0.810. The second kappa shape index (κ2) is 10.5. The molecule has 2 atom stereocenters. The number of likely N-dealkylation sites (tertiary alicyclic amines) is 1. The normalized spacial score (nSPS) is 27.6. The Morgan fingerprint density at radius 1 is 1.12 bits per heavy atom. The highest BCUT2D eigenvalue weighted by atomic mass is 15.3. The van der Waals surface area contributed by atoms with E-state index in [9.17, 15) is 0 Å². The van der Waals surface area contributed by atoms with Crippen LogP contribution in [0.2, 0.25) is 0 Å². The fourth-order valence-corrected chi connectivity index (χ4v) is 4.70. The first kappa shape index (κ1) is 21.5. The monoisotopic (exact) mass is 365 g/mol. The summed E-state index contributed by atoms with van der Waals surface area (Å²) in [6.07, 6.45) is 5.24. The van der Waals surface area contributed by atoms with Crippen molar-refractivity contribution in [2.45, 2.75) is 53.4 Å². The van der Waals surface area contributed by atoms with Gasteiger partial charge in [0.25, 0.3) is 0 Å². The molecule has 0 aromatic rings. The Kier molecular flexibility index (Phi) is 8.68. The first-order chi connectivity index (χ1) is 12.5.